The minimum absolute atomic E-state index is 0.350. The molecule has 1 atom stereocenters. The largest absolute Gasteiger partial charge is 0.388 e. The molecule has 0 bridgehead atoms. The van der Waals surface area contributed by atoms with Crippen molar-refractivity contribution in [3.63, 3.8) is 0 Å². The third-order valence-corrected chi connectivity index (χ3v) is 3.12. The molecule has 0 radical (unpaired) electrons. The molecule has 106 valence electrons. The number of hydrogen-bond donors (Lipinski definition) is 3. The fourth-order valence-corrected chi connectivity index (χ4v) is 2.12. The van der Waals surface area contributed by atoms with E-state index in [9.17, 15) is 5.11 Å². The lowest BCUT2D eigenvalue weighted by Gasteiger charge is -2.20. The molecular weight excluding hydrogens is 246 g/mol. The van der Waals surface area contributed by atoms with E-state index < -0.39 is 5.60 Å². The smallest absolute Gasteiger partial charge is 0.158 e. The molecule has 1 unspecified atom stereocenters. The highest BCUT2D eigenvalue weighted by atomic mass is 16.5. The van der Waals surface area contributed by atoms with Crippen LogP contribution in [0.1, 0.15) is 26.1 Å². The van der Waals surface area contributed by atoms with Crippen molar-refractivity contribution in [1.29, 1.82) is 0 Å². The third-order valence-electron chi connectivity index (χ3n) is 3.12. The van der Waals surface area contributed by atoms with Gasteiger partial charge in [-0.3, -0.25) is 0 Å². The maximum absolute atomic E-state index is 10.0. The van der Waals surface area contributed by atoms with Crippen LogP contribution in [-0.4, -0.2) is 40.4 Å². The number of anilines is 2. The normalized spacial score (nSPS) is 22.8. The summed E-state index contributed by atoms with van der Waals surface area (Å²) in [6, 6.07) is 1.77. The molecule has 19 heavy (non-hydrogen) atoms. The Labute approximate surface area is 112 Å². The van der Waals surface area contributed by atoms with Gasteiger partial charge in [0.1, 0.15) is 18.2 Å². The number of aliphatic hydroxyl groups is 1. The monoisotopic (exact) mass is 267 g/mol. The van der Waals surface area contributed by atoms with Gasteiger partial charge in [0.2, 0.25) is 0 Å². The second-order valence-electron chi connectivity index (χ2n) is 4.98. The predicted molar refractivity (Wildman–Crippen MR) is 72.6 cm³/mol. The number of rotatable bonds is 5. The van der Waals surface area contributed by atoms with Crippen molar-refractivity contribution in [2.24, 2.45) is 5.84 Å². The molecule has 1 aromatic heterocycles. The molecule has 0 aliphatic carbocycles. The van der Waals surface area contributed by atoms with Gasteiger partial charge < -0.3 is 20.2 Å². The number of nitrogens with one attached hydrogen (secondary N) is 1. The molecule has 1 saturated heterocycles. The maximum atomic E-state index is 10.0. The molecule has 0 amide bonds. The Hall–Kier alpha value is -1.44. The Balaban J connectivity index is 2.19. The van der Waals surface area contributed by atoms with Crippen LogP contribution in [-0.2, 0) is 11.3 Å². The summed E-state index contributed by atoms with van der Waals surface area (Å²) >= 11 is 0. The van der Waals surface area contributed by atoms with Gasteiger partial charge in [-0.1, -0.05) is 0 Å². The van der Waals surface area contributed by atoms with E-state index in [0.717, 1.165) is 18.8 Å². The van der Waals surface area contributed by atoms with Crippen LogP contribution in [0.15, 0.2) is 6.07 Å². The predicted octanol–water partition coefficient (Wildman–Crippen LogP) is 0.260. The van der Waals surface area contributed by atoms with Gasteiger partial charge in [-0.05, 0) is 20.3 Å². The topological polar surface area (TPSA) is 96.5 Å². The van der Waals surface area contributed by atoms with E-state index in [4.69, 9.17) is 10.6 Å². The quantitative estimate of drug-likeness (QED) is 0.520. The number of β-amino-alcohol motifs (C(OH)–C–C–N with tert-alkyl or cyclic N) is 1. The van der Waals surface area contributed by atoms with Crippen LogP contribution in [0.2, 0.25) is 0 Å². The van der Waals surface area contributed by atoms with Gasteiger partial charge in [0, 0.05) is 25.8 Å². The van der Waals surface area contributed by atoms with Crippen molar-refractivity contribution in [1.82, 2.24) is 9.97 Å². The summed E-state index contributed by atoms with van der Waals surface area (Å²) in [5.41, 5.74) is 1.87. The average Bonchev–Trinajstić information content (AvgIpc) is 2.76. The number of ether oxygens (including phenoxy) is 1. The molecule has 4 N–H and O–H groups in total. The number of hydrazine groups is 1. The molecule has 0 saturated carbocycles. The summed E-state index contributed by atoms with van der Waals surface area (Å²) < 4.78 is 5.32. The highest BCUT2D eigenvalue weighted by molar-refractivity contribution is 5.50. The lowest BCUT2D eigenvalue weighted by molar-refractivity contribution is 0.0839. The fraction of sp³-hybridized carbons (Fsp3) is 0.667. The number of aromatic nitrogens is 2. The molecular formula is C12H21N5O2. The van der Waals surface area contributed by atoms with Crippen molar-refractivity contribution in [3.8, 4) is 0 Å². The summed E-state index contributed by atoms with van der Waals surface area (Å²) in [7, 11) is 0. The molecule has 2 rings (SSSR count). The maximum Gasteiger partial charge on any atom is 0.158 e. The van der Waals surface area contributed by atoms with Gasteiger partial charge in [0.25, 0.3) is 0 Å². The van der Waals surface area contributed by atoms with Crippen molar-refractivity contribution in [3.05, 3.63) is 11.9 Å². The van der Waals surface area contributed by atoms with E-state index in [1.165, 1.54) is 0 Å². The highest BCUT2D eigenvalue weighted by Crippen LogP contribution is 2.26. The van der Waals surface area contributed by atoms with E-state index >= 15 is 0 Å². The Morgan fingerprint density at radius 2 is 2.37 bits per heavy atom. The van der Waals surface area contributed by atoms with Gasteiger partial charge in [0.05, 0.1) is 5.60 Å². The van der Waals surface area contributed by atoms with Crippen molar-refractivity contribution < 1.29 is 9.84 Å². The Kier molecular flexibility index (Phi) is 4.18. The number of nitrogen functional groups attached to an aromatic ring is 1. The van der Waals surface area contributed by atoms with Crippen LogP contribution in [0.3, 0.4) is 0 Å². The summed E-state index contributed by atoms with van der Waals surface area (Å²) in [6.45, 7) is 6.03. The van der Waals surface area contributed by atoms with E-state index in [1.807, 2.05) is 18.7 Å². The van der Waals surface area contributed by atoms with Crippen LogP contribution in [0.25, 0.3) is 0 Å². The summed E-state index contributed by atoms with van der Waals surface area (Å²) in [5.74, 6) is 7.31. The van der Waals surface area contributed by atoms with Crippen LogP contribution in [0.5, 0.6) is 0 Å². The van der Waals surface area contributed by atoms with Gasteiger partial charge in [-0.2, -0.15) is 0 Å². The first-order valence-electron chi connectivity index (χ1n) is 6.44. The standard InChI is InChI=1S/C12H21N5O2/c1-3-19-7-10-14-9(16-13)6-11(15-10)17-5-4-12(2,18)8-17/h6,18H,3-5,7-8,13H2,1-2H3,(H,14,15,16). The molecule has 1 aromatic rings. The summed E-state index contributed by atoms with van der Waals surface area (Å²) in [5, 5.41) is 10.0. The van der Waals surface area contributed by atoms with Gasteiger partial charge >= 0.3 is 0 Å². The third kappa shape index (κ3) is 3.52. The van der Waals surface area contributed by atoms with Gasteiger partial charge in [-0.25, -0.2) is 15.8 Å². The molecule has 1 fully saturated rings. The number of nitrogens with zero attached hydrogens (tertiary/aromatic N) is 3. The van der Waals surface area contributed by atoms with Gasteiger partial charge in [-0.15, -0.1) is 0 Å². The second-order valence-corrected chi connectivity index (χ2v) is 4.98. The first-order chi connectivity index (χ1) is 9.04. The fourth-order valence-electron chi connectivity index (χ4n) is 2.12. The zero-order valence-electron chi connectivity index (χ0n) is 11.4. The molecule has 7 nitrogen and oxygen atoms in total. The molecule has 2 heterocycles. The lowest BCUT2D eigenvalue weighted by Crippen LogP contribution is -2.30. The lowest BCUT2D eigenvalue weighted by atomic mass is 10.1. The van der Waals surface area contributed by atoms with E-state index in [0.29, 0.717) is 31.4 Å². The van der Waals surface area contributed by atoms with E-state index in [2.05, 4.69) is 15.4 Å². The van der Waals surface area contributed by atoms with Crippen molar-refractivity contribution >= 4 is 11.6 Å². The molecule has 0 spiro atoms. The second kappa shape index (κ2) is 5.68. The zero-order chi connectivity index (χ0) is 13.9. The molecule has 0 aromatic carbocycles. The van der Waals surface area contributed by atoms with Crippen molar-refractivity contribution in [2.75, 3.05) is 30.0 Å². The van der Waals surface area contributed by atoms with E-state index in [1.54, 1.807) is 6.07 Å². The number of hydrogen-bond acceptors (Lipinski definition) is 7. The van der Waals surface area contributed by atoms with Gasteiger partial charge in [0.15, 0.2) is 5.82 Å². The van der Waals surface area contributed by atoms with Crippen LogP contribution >= 0.6 is 0 Å². The minimum Gasteiger partial charge on any atom is -0.388 e. The average molecular weight is 267 g/mol. The first-order valence-corrected chi connectivity index (χ1v) is 6.44. The van der Waals surface area contributed by atoms with Crippen molar-refractivity contribution in [2.45, 2.75) is 32.5 Å². The summed E-state index contributed by atoms with van der Waals surface area (Å²) in [6.07, 6.45) is 0.725. The molecule has 1 aliphatic rings. The van der Waals surface area contributed by atoms with Crippen LogP contribution in [0, 0.1) is 0 Å². The Bertz CT molecular complexity index is 438. The Morgan fingerprint density at radius 1 is 1.58 bits per heavy atom. The SMILES string of the molecule is CCOCc1nc(NN)cc(N2CCC(C)(O)C2)n1. The highest BCUT2D eigenvalue weighted by Gasteiger charge is 2.32. The Morgan fingerprint density at radius 3 is 2.95 bits per heavy atom. The number of nitrogens with two attached hydrogens (primary N) is 1. The first kappa shape index (κ1) is 14.0. The van der Waals surface area contributed by atoms with Crippen LogP contribution in [0.4, 0.5) is 11.6 Å². The molecule has 7 heteroatoms. The van der Waals surface area contributed by atoms with E-state index in [-0.39, 0.29) is 0 Å². The van der Waals surface area contributed by atoms with Crippen LogP contribution < -0.4 is 16.2 Å². The zero-order valence-corrected chi connectivity index (χ0v) is 11.4. The molecule has 1 aliphatic heterocycles. The minimum atomic E-state index is -0.665. The summed E-state index contributed by atoms with van der Waals surface area (Å²) in [4.78, 5) is 10.7.